The molecule has 2 rings (SSSR count). The van der Waals surface area contributed by atoms with Crippen molar-refractivity contribution >= 4 is 5.97 Å². The van der Waals surface area contributed by atoms with Crippen LogP contribution in [0.1, 0.15) is 25.7 Å². The smallest absolute Gasteiger partial charge is 0.358 e. The van der Waals surface area contributed by atoms with Gasteiger partial charge in [0.15, 0.2) is 5.70 Å². The summed E-state index contributed by atoms with van der Waals surface area (Å²) in [5.41, 5.74) is 7.35. The lowest BCUT2D eigenvalue weighted by atomic mass is 9.98. The number of ether oxygens (including phenoxy) is 1. The molecular formula is C10H17N3O3. The Labute approximate surface area is 93.6 Å². The second-order valence-corrected chi connectivity index (χ2v) is 4.52. The monoisotopic (exact) mass is 227 g/mol. The normalized spacial score (nSPS) is 33.4. The molecule has 0 saturated heterocycles. The average Bonchev–Trinajstić information content (AvgIpc) is 2.79. The van der Waals surface area contributed by atoms with Crippen molar-refractivity contribution in [3.8, 4) is 0 Å². The molecular weight excluding hydrogens is 210 g/mol. The van der Waals surface area contributed by atoms with Gasteiger partial charge in [-0.25, -0.2) is 4.79 Å². The lowest BCUT2D eigenvalue weighted by Gasteiger charge is -2.23. The fraction of sp³-hybridized carbons (Fsp3) is 0.700. The molecule has 0 aromatic rings. The van der Waals surface area contributed by atoms with E-state index in [4.69, 9.17) is 21.4 Å². The SMILES string of the molecule is NN/C(C(=O)O)=C(\N)OC1CC2CCC1C2. The number of carboxylic acid groups (broad SMARTS) is 1. The number of nitrogens with two attached hydrogens (primary N) is 2. The summed E-state index contributed by atoms with van der Waals surface area (Å²) in [6.07, 6.45) is 4.62. The summed E-state index contributed by atoms with van der Waals surface area (Å²) in [6.45, 7) is 0. The maximum absolute atomic E-state index is 10.7. The van der Waals surface area contributed by atoms with E-state index in [2.05, 4.69) is 0 Å². The van der Waals surface area contributed by atoms with Gasteiger partial charge in [-0.15, -0.1) is 0 Å². The maximum atomic E-state index is 10.7. The van der Waals surface area contributed by atoms with Gasteiger partial charge in [-0.05, 0) is 37.5 Å². The Morgan fingerprint density at radius 3 is 2.56 bits per heavy atom. The number of hydrazine groups is 1. The van der Waals surface area contributed by atoms with E-state index in [9.17, 15) is 4.79 Å². The fourth-order valence-corrected chi connectivity index (χ4v) is 2.79. The zero-order valence-corrected chi connectivity index (χ0v) is 8.98. The predicted molar refractivity (Wildman–Crippen MR) is 56.5 cm³/mol. The summed E-state index contributed by atoms with van der Waals surface area (Å²) in [7, 11) is 0. The van der Waals surface area contributed by atoms with Crippen LogP contribution in [0.4, 0.5) is 0 Å². The first-order chi connectivity index (χ1) is 7.61. The van der Waals surface area contributed by atoms with E-state index in [0.717, 1.165) is 18.8 Å². The molecule has 0 radical (unpaired) electrons. The number of rotatable bonds is 4. The zero-order chi connectivity index (χ0) is 11.7. The average molecular weight is 227 g/mol. The molecule has 2 saturated carbocycles. The fourth-order valence-electron chi connectivity index (χ4n) is 2.79. The Morgan fingerprint density at radius 2 is 2.12 bits per heavy atom. The summed E-state index contributed by atoms with van der Waals surface area (Å²) < 4.78 is 5.49. The van der Waals surface area contributed by atoms with E-state index in [1.54, 1.807) is 0 Å². The predicted octanol–water partition coefficient (Wildman–Crippen LogP) is -0.133. The van der Waals surface area contributed by atoms with E-state index >= 15 is 0 Å². The van der Waals surface area contributed by atoms with E-state index in [-0.39, 0.29) is 17.7 Å². The Bertz CT molecular complexity index is 329. The van der Waals surface area contributed by atoms with E-state index < -0.39 is 5.97 Å². The van der Waals surface area contributed by atoms with E-state index in [0.29, 0.717) is 5.92 Å². The topological polar surface area (TPSA) is 111 Å². The van der Waals surface area contributed by atoms with Gasteiger partial charge in [0.2, 0.25) is 5.88 Å². The van der Waals surface area contributed by atoms with Gasteiger partial charge in [0, 0.05) is 0 Å². The Balaban J connectivity index is 2.01. The molecule has 6 nitrogen and oxygen atoms in total. The first kappa shape index (κ1) is 11.1. The minimum atomic E-state index is -1.21. The van der Waals surface area contributed by atoms with Crippen molar-refractivity contribution < 1.29 is 14.6 Å². The molecule has 6 N–H and O–H groups in total. The number of carboxylic acids is 1. The molecule has 2 aliphatic rings. The minimum absolute atomic E-state index is 0.0569. The van der Waals surface area contributed by atoms with Crippen LogP contribution in [0.2, 0.25) is 0 Å². The number of aliphatic carboxylic acids is 1. The molecule has 3 atom stereocenters. The van der Waals surface area contributed by atoms with Crippen LogP contribution in [0.25, 0.3) is 0 Å². The summed E-state index contributed by atoms with van der Waals surface area (Å²) in [4.78, 5) is 10.7. The lowest BCUT2D eigenvalue weighted by molar-refractivity contribution is -0.133. The van der Waals surface area contributed by atoms with Crippen LogP contribution in [-0.4, -0.2) is 17.2 Å². The van der Waals surface area contributed by atoms with Crippen LogP contribution in [-0.2, 0) is 9.53 Å². The number of fused-ring (bicyclic) bond motifs is 2. The second kappa shape index (κ2) is 4.21. The quantitative estimate of drug-likeness (QED) is 0.230. The first-order valence-electron chi connectivity index (χ1n) is 5.48. The van der Waals surface area contributed by atoms with E-state index in [1.807, 2.05) is 5.43 Å². The van der Waals surface area contributed by atoms with Crippen LogP contribution in [0.5, 0.6) is 0 Å². The molecule has 0 aliphatic heterocycles. The van der Waals surface area contributed by atoms with Gasteiger partial charge in [0.25, 0.3) is 0 Å². The van der Waals surface area contributed by atoms with Crippen LogP contribution >= 0.6 is 0 Å². The van der Waals surface area contributed by atoms with Crippen molar-refractivity contribution in [1.29, 1.82) is 0 Å². The van der Waals surface area contributed by atoms with Crippen molar-refractivity contribution in [1.82, 2.24) is 5.43 Å². The molecule has 0 amide bonds. The van der Waals surface area contributed by atoms with Gasteiger partial charge in [-0.3, -0.25) is 5.84 Å². The molecule has 0 aromatic carbocycles. The van der Waals surface area contributed by atoms with Crippen molar-refractivity contribution in [3.05, 3.63) is 11.6 Å². The molecule has 2 aliphatic carbocycles. The second-order valence-electron chi connectivity index (χ2n) is 4.52. The Hall–Kier alpha value is -1.43. The zero-order valence-electron chi connectivity index (χ0n) is 8.98. The van der Waals surface area contributed by atoms with Gasteiger partial charge >= 0.3 is 5.97 Å². The molecule has 6 heteroatoms. The summed E-state index contributed by atoms with van der Waals surface area (Å²) in [6, 6.07) is 0. The number of nitrogens with one attached hydrogen (secondary N) is 1. The molecule has 0 heterocycles. The maximum Gasteiger partial charge on any atom is 0.358 e. The molecule has 2 fully saturated rings. The third-order valence-corrected chi connectivity index (χ3v) is 3.56. The van der Waals surface area contributed by atoms with Gasteiger partial charge in [-0.2, -0.15) is 0 Å². The number of hydrogen-bond donors (Lipinski definition) is 4. The van der Waals surface area contributed by atoms with Crippen molar-refractivity contribution in [2.24, 2.45) is 23.4 Å². The highest BCUT2D eigenvalue weighted by Crippen LogP contribution is 2.46. The van der Waals surface area contributed by atoms with Gasteiger partial charge in [0.05, 0.1) is 0 Å². The molecule has 3 unspecified atom stereocenters. The summed E-state index contributed by atoms with van der Waals surface area (Å²) >= 11 is 0. The number of hydrogen-bond acceptors (Lipinski definition) is 5. The summed E-state index contributed by atoms with van der Waals surface area (Å²) in [5.74, 6) is 5.00. The van der Waals surface area contributed by atoms with Gasteiger partial charge in [-0.1, -0.05) is 0 Å². The molecule has 90 valence electrons. The lowest BCUT2D eigenvalue weighted by Crippen LogP contribution is -2.33. The highest BCUT2D eigenvalue weighted by molar-refractivity contribution is 5.86. The van der Waals surface area contributed by atoms with Crippen LogP contribution in [0.3, 0.4) is 0 Å². The molecule has 16 heavy (non-hydrogen) atoms. The Morgan fingerprint density at radius 1 is 1.38 bits per heavy atom. The first-order valence-corrected chi connectivity index (χ1v) is 5.48. The van der Waals surface area contributed by atoms with Gasteiger partial charge in [0.1, 0.15) is 6.10 Å². The number of carbonyl (C=O) groups is 1. The van der Waals surface area contributed by atoms with Crippen molar-refractivity contribution in [3.63, 3.8) is 0 Å². The van der Waals surface area contributed by atoms with Crippen molar-refractivity contribution in [2.45, 2.75) is 31.8 Å². The van der Waals surface area contributed by atoms with Crippen molar-refractivity contribution in [2.75, 3.05) is 0 Å². The third-order valence-electron chi connectivity index (χ3n) is 3.56. The highest BCUT2D eigenvalue weighted by Gasteiger charge is 2.41. The highest BCUT2D eigenvalue weighted by atomic mass is 16.5. The van der Waals surface area contributed by atoms with Crippen LogP contribution in [0, 0.1) is 11.8 Å². The van der Waals surface area contributed by atoms with Crippen LogP contribution in [0.15, 0.2) is 11.6 Å². The largest absolute Gasteiger partial charge is 0.476 e. The third kappa shape index (κ3) is 1.92. The molecule has 0 spiro atoms. The Kier molecular flexibility index (Phi) is 2.91. The standard InChI is InChI=1S/C10H17N3O3/c11-9(8(13-12)10(14)15)16-7-4-5-1-2-6(7)3-5/h5-7,13H,1-4,11-12H2,(H,14,15)/b9-8+. The van der Waals surface area contributed by atoms with E-state index in [1.165, 1.54) is 12.8 Å². The summed E-state index contributed by atoms with van der Waals surface area (Å²) in [5, 5.41) is 8.79. The van der Waals surface area contributed by atoms with Gasteiger partial charge < -0.3 is 21.0 Å². The molecule has 0 aromatic heterocycles. The minimum Gasteiger partial charge on any atom is -0.476 e. The van der Waals surface area contributed by atoms with Crippen LogP contribution < -0.4 is 17.0 Å². The molecule has 2 bridgehead atoms.